The lowest BCUT2D eigenvalue weighted by atomic mass is 10.3. The van der Waals surface area contributed by atoms with E-state index in [4.69, 9.17) is 16.3 Å². The van der Waals surface area contributed by atoms with Gasteiger partial charge in [-0.3, -0.25) is 0 Å². The van der Waals surface area contributed by atoms with Gasteiger partial charge >= 0.3 is 6.03 Å². The fourth-order valence-electron chi connectivity index (χ4n) is 1.11. The van der Waals surface area contributed by atoms with Crippen LogP contribution >= 0.6 is 11.6 Å². The second-order valence-electron chi connectivity index (χ2n) is 3.87. The second kappa shape index (κ2) is 6.91. The third-order valence-electron chi connectivity index (χ3n) is 2.20. The molecule has 0 aliphatic rings. The average molecular weight is 269 g/mol. The maximum absolute atomic E-state index is 11.4. The zero-order valence-electron chi connectivity index (χ0n) is 10.7. The minimum atomic E-state index is -0.166. The molecule has 0 saturated heterocycles. The first-order chi connectivity index (χ1) is 8.52. The second-order valence-corrected chi connectivity index (χ2v) is 4.36. The van der Waals surface area contributed by atoms with E-state index in [0.29, 0.717) is 17.4 Å². The van der Waals surface area contributed by atoms with Crippen LogP contribution in [0.3, 0.4) is 0 Å². The van der Waals surface area contributed by atoms with E-state index in [1.807, 2.05) is 6.92 Å². The highest BCUT2D eigenvalue weighted by atomic mass is 35.5. The van der Waals surface area contributed by atoms with Crippen molar-refractivity contribution in [2.24, 2.45) is 0 Å². The molecule has 98 valence electrons. The maximum Gasteiger partial charge on any atom is 0.321 e. The number of carbonyl (C=O) groups is 1. The minimum Gasteiger partial charge on any atom is -0.488 e. The van der Waals surface area contributed by atoms with Crippen LogP contribution in [0.2, 0.25) is 0 Å². The topological polar surface area (TPSA) is 41.6 Å². The van der Waals surface area contributed by atoms with E-state index < -0.39 is 0 Å². The van der Waals surface area contributed by atoms with Gasteiger partial charge in [0.1, 0.15) is 12.4 Å². The number of anilines is 1. The van der Waals surface area contributed by atoms with Crippen LogP contribution in [0.4, 0.5) is 10.5 Å². The van der Waals surface area contributed by atoms with Gasteiger partial charge in [-0.15, -0.1) is 0 Å². The Morgan fingerprint density at radius 2 is 2.00 bits per heavy atom. The fraction of sp³-hybridized carbons (Fsp3) is 0.308. The van der Waals surface area contributed by atoms with E-state index in [1.54, 1.807) is 44.4 Å². The number of rotatable bonds is 4. The Morgan fingerprint density at radius 1 is 1.39 bits per heavy atom. The van der Waals surface area contributed by atoms with Crippen molar-refractivity contribution in [3.05, 3.63) is 35.4 Å². The zero-order valence-corrected chi connectivity index (χ0v) is 11.5. The summed E-state index contributed by atoms with van der Waals surface area (Å²) in [6, 6.07) is 6.96. The molecule has 1 aromatic carbocycles. The first-order valence-corrected chi connectivity index (χ1v) is 5.92. The van der Waals surface area contributed by atoms with Crippen LogP contribution in [0.1, 0.15) is 6.92 Å². The molecule has 0 atom stereocenters. The van der Waals surface area contributed by atoms with Gasteiger partial charge in [-0.2, -0.15) is 0 Å². The third kappa shape index (κ3) is 4.67. The summed E-state index contributed by atoms with van der Waals surface area (Å²) in [4.78, 5) is 12.9. The normalized spacial score (nSPS) is 11.0. The molecule has 4 nitrogen and oxygen atoms in total. The van der Waals surface area contributed by atoms with Crippen LogP contribution in [0.5, 0.6) is 5.75 Å². The van der Waals surface area contributed by atoms with Gasteiger partial charge in [-0.05, 0) is 31.2 Å². The van der Waals surface area contributed by atoms with E-state index in [9.17, 15) is 4.79 Å². The number of hydrogen-bond acceptors (Lipinski definition) is 2. The Hall–Kier alpha value is -1.68. The minimum absolute atomic E-state index is 0.166. The number of benzene rings is 1. The van der Waals surface area contributed by atoms with Gasteiger partial charge in [0.05, 0.1) is 5.03 Å². The van der Waals surface area contributed by atoms with Crippen molar-refractivity contribution in [3.63, 3.8) is 0 Å². The number of hydrogen-bond donors (Lipinski definition) is 1. The van der Waals surface area contributed by atoms with Crippen molar-refractivity contribution in [2.45, 2.75) is 6.92 Å². The largest absolute Gasteiger partial charge is 0.488 e. The lowest BCUT2D eigenvalue weighted by Gasteiger charge is -2.12. The average Bonchev–Trinajstić information content (AvgIpc) is 2.37. The van der Waals surface area contributed by atoms with Gasteiger partial charge < -0.3 is 15.0 Å². The number of carbonyl (C=O) groups excluding carboxylic acids is 1. The molecule has 1 N–H and O–H groups in total. The molecular formula is C13H17ClN2O2. The number of ether oxygens (including phenoxy) is 1. The monoisotopic (exact) mass is 268 g/mol. The SMILES string of the molecule is CC=C(Cl)COc1ccc(NC(=O)N(C)C)cc1. The smallest absolute Gasteiger partial charge is 0.321 e. The van der Waals surface area contributed by atoms with E-state index in [1.165, 1.54) is 4.90 Å². The Kier molecular flexibility index (Phi) is 5.52. The van der Waals surface area contributed by atoms with E-state index in [0.717, 1.165) is 5.69 Å². The lowest BCUT2D eigenvalue weighted by Crippen LogP contribution is -2.27. The molecule has 0 aliphatic carbocycles. The van der Waals surface area contributed by atoms with Gasteiger partial charge in [0.15, 0.2) is 0 Å². The molecule has 5 heteroatoms. The highest BCUT2D eigenvalue weighted by molar-refractivity contribution is 6.29. The number of nitrogens with zero attached hydrogens (tertiary/aromatic N) is 1. The summed E-state index contributed by atoms with van der Waals surface area (Å²) in [7, 11) is 3.37. The van der Waals surface area contributed by atoms with Crippen molar-refractivity contribution in [3.8, 4) is 5.75 Å². The van der Waals surface area contributed by atoms with Crippen LogP contribution in [0, 0.1) is 0 Å². The number of halogens is 1. The van der Waals surface area contributed by atoms with Gasteiger partial charge in [-0.25, -0.2) is 4.79 Å². The maximum atomic E-state index is 11.4. The van der Waals surface area contributed by atoms with Crippen LogP contribution < -0.4 is 10.1 Å². The molecule has 0 unspecified atom stereocenters. The van der Waals surface area contributed by atoms with Gasteiger partial charge in [0, 0.05) is 19.8 Å². The number of amides is 2. The molecule has 0 spiro atoms. The van der Waals surface area contributed by atoms with E-state index in [2.05, 4.69) is 5.32 Å². The number of urea groups is 1. The van der Waals surface area contributed by atoms with Crippen molar-refractivity contribution < 1.29 is 9.53 Å². The van der Waals surface area contributed by atoms with Gasteiger partial charge in [0.25, 0.3) is 0 Å². The molecular weight excluding hydrogens is 252 g/mol. The van der Waals surface area contributed by atoms with Crippen LogP contribution in [0.15, 0.2) is 35.4 Å². The summed E-state index contributed by atoms with van der Waals surface area (Å²) in [5.74, 6) is 0.706. The summed E-state index contributed by atoms with van der Waals surface area (Å²) in [5.41, 5.74) is 0.721. The highest BCUT2D eigenvalue weighted by Crippen LogP contribution is 2.17. The molecule has 0 radical (unpaired) electrons. The van der Waals surface area contributed by atoms with Crippen molar-refractivity contribution in [1.29, 1.82) is 0 Å². The van der Waals surface area contributed by atoms with Gasteiger partial charge in [-0.1, -0.05) is 17.7 Å². The fourth-order valence-corrected chi connectivity index (χ4v) is 1.16. The molecule has 1 rings (SSSR count). The molecule has 0 bridgehead atoms. The first-order valence-electron chi connectivity index (χ1n) is 5.54. The molecule has 0 saturated carbocycles. The Labute approximate surface area is 112 Å². The molecule has 2 amide bonds. The standard InChI is InChI=1S/C13H17ClN2O2/c1-4-10(14)9-18-12-7-5-11(6-8-12)15-13(17)16(2)3/h4-8H,9H2,1-3H3,(H,15,17). The van der Waals surface area contributed by atoms with Gasteiger partial charge in [0.2, 0.25) is 0 Å². The summed E-state index contributed by atoms with van der Waals surface area (Å²) in [6.07, 6.45) is 1.78. The summed E-state index contributed by atoms with van der Waals surface area (Å²) in [6.45, 7) is 2.20. The lowest BCUT2D eigenvalue weighted by molar-refractivity contribution is 0.230. The zero-order chi connectivity index (χ0) is 13.5. The van der Waals surface area contributed by atoms with E-state index in [-0.39, 0.29) is 6.03 Å². The van der Waals surface area contributed by atoms with E-state index >= 15 is 0 Å². The van der Waals surface area contributed by atoms with Crippen molar-refractivity contribution in [2.75, 3.05) is 26.0 Å². The number of allylic oxidation sites excluding steroid dienone is 1. The Morgan fingerprint density at radius 3 is 2.50 bits per heavy atom. The quantitative estimate of drug-likeness (QED) is 0.910. The van der Waals surface area contributed by atoms with Crippen LogP contribution in [-0.2, 0) is 0 Å². The highest BCUT2D eigenvalue weighted by Gasteiger charge is 2.03. The molecule has 0 heterocycles. The third-order valence-corrected chi connectivity index (χ3v) is 2.53. The predicted octanol–water partition coefficient (Wildman–Crippen LogP) is 3.30. The molecule has 18 heavy (non-hydrogen) atoms. The number of nitrogens with one attached hydrogen (secondary N) is 1. The Bertz CT molecular complexity index is 427. The summed E-state index contributed by atoms with van der Waals surface area (Å²) < 4.78 is 5.44. The molecule has 0 aromatic heterocycles. The first kappa shape index (κ1) is 14.4. The summed E-state index contributed by atoms with van der Waals surface area (Å²) >= 11 is 5.82. The summed E-state index contributed by atoms with van der Waals surface area (Å²) in [5, 5.41) is 3.39. The molecule has 0 fully saturated rings. The molecule has 0 aliphatic heterocycles. The Balaban J connectivity index is 2.55. The predicted molar refractivity (Wildman–Crippen MR) is 74.3 cm³/mol. The van der Waals surface area contributed by atoms with Crippen molar-refractivity contribution in [1.82, 2.24) is 4.90 Å². The van der Waals surface area contributed by atoms with Crippen molar-refractivity contribution >= 4 is 23.3 Å². The molecule has 1 aromatic rings. The van der Waals surface area contributed by atoms with Crippen LogP contribution in [0.25, 0.3) is 0 Å². The van der Waals surface area contributed by atoms with Crippen LogP contribution in [-0.4, -0.2) is 31.6 Å².